The Hall–Kier alpha value is -2.22. The molecule has 1 saturated carbocycles. The lowest BCUT2D eigenvalue weighted by Crippen LogP contribution is -2.71. The van der Waals surface area contributed by atoms with E-state index in [-0.39, 0.29) is 6.42 Å². The number of aliphatic hydroxyl groups excluding tert-OH is 9. The summed E-state index contributed by atoms with van der Waals surface area (Å²) in [4.78, 5) is 49.4. The second kappa shape index (κ2) is 41.7. The summed E-state index contributed by atoms with van der Waals surface area (Å²) in [7, 11) is -4.33. The van der Waals surface area contributed by atoms with Gasteiger partial charge in [0.15, 0.2) is 0 Å². The van der Waals surface area contributed by atoms with Crippen LogP contribution in [0.1, 0.15) is 213 Å². The molecule has 464 valence electrons. The molecule has 22 nitrogen and oxygen atoms in total. The van der Waals surface area contributed by atoms with E-state index >= 15 is 0 Å². The van der Waals surface area contributed by atoms with Crippen LogP contribution in [-0.2, 0) is 42.2 Å². The van der Waals surface area contributed by atoms with Crippen molar-refractivity contribution in [2.75, 3.05) is 26.9 Å². The topological polar surface area (TPSA) is 361 Å². The zero-order valence-corrected chi connectivity index (χ0v) is 48.6. The predicted molar refractivity (Wildman–Crippen MR) is 295 cm³/mol. The minimum absolute atomic E-state index is 0.101. The number of carboxylic acids is 1. The monoisotopic (exact) mass is 1160 g/mol. The Morgan fingerprint density at radius 2 is 1.13 bits per heavy atom. The highest BCUT2D eigenvalue weighted by Gasteiger charge is 2.61. The van der Waals surface area contributed by atoms with Crippen LogP contribution >= 0.6 is 7.82 Å². The number of hydrogen-bond donors (Lipinski definition) is 13. The van der Waals surface area contributed by atoms with Gasteiger partial charge in [0, 0.05) is 20.0 Å². The van der Waals surface area contributed by atoms with Crippen molar-refractivity contribution in [3.8, 4) is 0 Å². The molecule has 0 spiro atoms. The fraction of sp³-hybridized carbons (Fsp3) is 0.911. The molecule has 0 aromatic rings. The fourth-order valence-corrected chi connectivity index (χ4v) is 11.2. The highest BCUT2D eigenvalue weighted by atomic mass is 31.2. The highest BCUT2D eigenvalue weighted by Crippen LogP contribution is 2.48. The highest BCUT2D eigenvalue weighted by molar-refractivity contribution is 7.47. The average Bonchev–Trinajstić information content (AvgIpc) is 3.53. The van der Waals surface area contributed by atoms with Crippen molar-refractivity contribution in [3.05, 3.63) is 12.2 Å². The van der Waals surface area contributed by atoms with Crippen LogP contribution in [0, 0.1) is 0 Å². The Balaban J connectivity index is 2.08. The first-order chi connectivity index (χ1) is 37.8. The molecule has 1 aliphatic heterocycles. The molecule has 79 heavy (non-hydrogen) atoms. The Bertz CT molecular complexity index is 1700. The first-order valence-corrected chi connectivity index (χ1v) is 31.3. The molecule has 1 heterocycles. The fourth-order valence-electron chi connectivity index (χ4n) is 10.2. The molecule has 2 amide bonds. The van der Waals surface area contributed by atoms with Gasteiger partial charge in [0.25, 0.3) is 5.79 Å². The zero-order valence-electron chi connectivity index (χ0n) is 47.7. The summed E-state index contributed by atoms with van der Waals surface area (Å²) in [6, 6.07) is -3.01. The third kappa shape index (κ3) is 28.3. The number of carbonyl (C=O) groups excluding carboxylic acids is 2. The lowest BCUT2D eigenvalue weighted by Gasteiger charge is -2.50. The molecular formula is C56H105N2O20P. The Labute approximate surface area is 470 Å². The number of carbonyl (C=O) groups is 3. The Kier molecular flexibility index (Phi) is 38.5. The predicted octanol–water partition coefficient (Wildman–Crippen LogP) is 5.25. The van der Waals surface area contributed by atoms with Gasteiger partial charge in [-0.1, -0.05) is 193 Å². The number of methoxy groups -OCH3 is 1. The number of aliphatic carboxylic acids is 1. The van der Waals surface area contributed by atoms with Crippen molar-refractivity contribution in [2.24, 2.45) is 0 Å². The Morgan fingerprint density at radius 3 is 1.59 bits per heavy atom. The van der Waals surface area contributed by atoms with Crippen LogP contribution in [0.2, 0.25) is 0 Å². The van der Waals surface area contributed by atoms with Crippen molar-refractivity contribution < 1.29 is 98.2 Å². The molecule has 0 bridgehead atoms. The van der Waals surface area contributed by atoms with Crippen molar-refractivity contribution in [2.45, 2.75) is 298 Å². The van der Waals surface area contributed by atoms with Crippen molar-refractivity contribution in [1.82, 2.24) is 10.6 Å². The third-order valence-corrected chi connectivity index (χ3v) is 16.0. The van der Waals surface area contributed by atoms with E-state index in [0.717, 1.165) is 58.5 Å². The van der Waals surface area contributed by atoms with Gasteiger partial charge in [-0.15, -0.1) is 0 Å². The van der Waals surface area contributed by atoms with Crippen molar-refractivity contribution in [3.63, 3.8) is 0 Å². The zero-order chi connectivity index (χ0) is 58.6. The van der Waals surface area contributed by atoms with E-state index in [4.69, 9.17) is 23.3 Å². The van der Waals surface area contributed by atoms with Crippen LogP contribution in [0.25, 0.3) is 0 Å². The summed E-state index contributed by atoms with van der Waals surface area (Å²) in [5.41, 5.74) is 0. The van der Waals surface area contributed by atoms with E-state index in [0.29, 0.717) is 12.8 Å². The van der Waals surface area contributed by atoms with E-state index in [9.17, 15) is 74.9 Å². The van der Waals surface area contributed by atoms with E-state index < -0.39 is 137 Å². The number of aliphatic hydroxyl groups is 9. The molecular weight excluding hydrogens is 1050 g/mol. The van der Waals surface area contributed by atoms with Gasteiger partial charge in [-0.2, -0.15) is 0 Å². The summed E-state index contributed by atoms with van der Waals surface area (Å²) in [6.07, 6.45) is 11.8. The summed E-state index contributed by atoms with van der Waals surface area (Å²) in [5, 5.41) is 113. The summed E-state index contributed by atoms with van der Waals surface area (Å²) >= 11 is 0. The Morgan fingerprint density at radius 1 is 0.658 bits per heavy atom. The van der Waals surface area contributed by atoms with Crippen LogP contribution in [0.3, 0.4) is 0 Å². The molecule has 15 unspecified atom stereocenters. The summed E-state index contributed by atoms with van der Waals surface area (Å²) in [6.45, 7) is 1.91. The molecule has 1 aliphatic carbocycles. The van der Waals surface area contributed by atoms with E-state index in [1.54, 1.807) is 6.08 Å². The second-order valence-electron chi connectivity index (χ2n) is 21.9. The maximum Gasteiger partial charge on any atom is 0.472 e. The number of unbranched alkanes of at least 4 members (excludes halogenated alkanes) is 27. The number of carboxylic acid groups (broad SMARTS) is 1. The van der Waals surface area contributed by atoms with Crippen LogP contribution in [0.5, 0.6) is 0 Å². The molecule has 2 rings (SSSR count). The normalized spacial score (nSPS) is 26.8. The first-order valence-electron chi connectivity index (χ1n) is 29.8. The SMILES string of the molecule is CCCCCCCCCCCC=CC(O)C(COP(=O)(O)OC1C(O)C(O)C(O)C(OC2(C(=O)O)CC(O)C(NC(=O)CO)C(C(O)C(O)COC)O2)C1O)NC(=O)CCCCCCCCCCCCCCCCCCCCC. The number of hydrogen-bond acceptors (Lipinski definition) is 18. The van der Waals surface area contributed by atoms with Gasteiger partial charge in [0.2, 0.25) is 11.8 Å². The number of allylic oxidation sites excluding steroid dienone is 1. The third-order valence-electron chi connectivity index (χ3n) is 15.1. The van der Waals surface area contributed by atoms with E-state index in [2.05, 4.69) is 24.5 Å². The lowest BCUT2D eigenvalue weighted by molar-refractivity contribution is -0.350. The maximum absolute atomic E-state index is 13.6. The van der Waals surface area contributed by atoms with Crippen LogP contribution in [-0.4, -0.2) is 186 Å². The van der Waals surface area contributed by atoms with Crippen LogP contribution < -0.4 is 10.6 Å². The van der Waals surface area contributed by atoms with Crippen molar-refractivity contribution in [1.29, 1.82) is 0 Å². The maximum atomic E-state index is 13.6. The quantitative estimate of drug-likeness (QED) is 0.0210. The summed E-state index contributed by atoms with van der Waals surface area (Å²) < 4.78 is 40.0. The summed E-state index contributed by atoms with van der Waals surface area (Å²) in [5.74, 6) is -6.81. The van der Waals surface area contributed by atoms with Gasteiger partial charge in [0.1, 0.15) is 61.5 Å². The lowest BCUT2D eigenvalue weighted by atomic mass is 9.84. The molecule has 0 aromatic carbocycles. The molecule has 23 heteroatoms. The molecule has 13 N–H and O–H groups in total. The minimum atomic E-state index is -5.49. The molecule has 2 fully saturated rings. The van der Waals surface area contributed by atoms with Gasteiger partial charge in [-0.05, 0) is 19.3 Å². The molecule has 0 aromatic heterocycles. The van der Waals surface area contributed by atoms with Gasteiger partial charge >= 0.3 is 13.8 Å². The number of nitrogens with one attached hydrogen (secondary N) is 2. The van der Waals surface area contributed by atoms with Gasteiger partial charge in [-0.25, -0.2) is 9.36 Å². The number of rotatable bonds is 47. The number of phosphoric ester groups is 1. The second-order valence-corrected chi connectivity index (χ2v) is 23.3. The van der Waals surface area contributed by atoms with E-state index in [1.165, 1.54) is 128 Å². The first kappa shape index (κ1) is 72.9. The van der Waals surface area contributed by atoms with Crippen LogP contribution in [0.4, 0.5) is 0 Å². The van der Waals surface area contributed by atoms with E-state index in [1.807, 2.05) is 0 Å². The molecule has 1 saturated heterocycles. The molecule has 15 atom stereocenters. The molecule has 2 aliphatic rings. The smallest absolute Gasteiger partial charge is 0.472 e. The number of amides is 2. The minimum Gasteiger partial charge on any atom is -0.477 e. The largest absolute Gasteiger partial charge is 0.477 e. The average molecular weight is 1160 g/mol. The van der Waals surface area contributed by atoms with Gasteiger partial charge in [-0.3, -0.25) is 18.6 Å². The molecule has 0 radical (unpaired) electrons. The number of phosphoric acid groups is 1. The standard InChI is InChI=1S/C56H105N2O20P/c1-4-6-8-10-12-14-16-17-18-19-20-21-22-23-25-27-29-31-33-35-44(63)57-40(41(60)34-32-30-28-26-24-15-13-11-9-7-5-2)38-75-79(72,73)78-54-50(68)48(66)49(67)53(51(54)69)77-56(55(70)71)36-42(61)46(58-45(64)37-59)52(76-56)47(65)43(62)39-74-3/h32,34,40-43,46-54,59-62,65-69H,4-31,33,35-39H2,1-3H3,(H,57,63)(H,58,64)(H,70,71)(H,72,73). The number of ether oxygens (including phenoxy) is 3. The van der Waals surface area contributed by atoms with Crippen LogP contribution in [0.15, 0.2) is 12.2 Å². The van der Waals surface area contributed by atoms with Gasteiger partial charge in [0.05, 0.1) is 37.5 Å². The van der Waals surface area contributed by atoms with Crippen molar-refractivity contribution >= 4 is 25.6 Å². The van der Waals surface area contributed by atoms with Gasteiger partial charge < -0.3 is 80.8 Å².